The molecule has 0 amide bonds. The van der Waals surface area contributed by atoms with E-state index in [1.165, 1.54) is 5.56 Å². The highest BCUT2D eigenvalue weighted by Crippen LogP contribution is 2.41. The Morgan fingerprint density at radius 2 is 1.66 bits per heavy atom. The van der Waals surface area contributed by atoms with Crippen molar-refractivity contribution in [2.45, 2.75) is 25.4 Å². The maximum atomic E-state index is 5.51. The Morgan fingerprint density at radius 1 is 0.914 bits per heavy atom. The van der Waals surface area contributed by atoms with E-state index in [1.54, 1.807) is 21.3 Å². The van der Waals surface area contributed by atoms with Gasteiger partial charge in [-0.15, -0.1) is 0 Å². The highest BCUT2D eigenvalue weighted by Gasteiger charge is 2.21. The van der Waals surface area contributed by atoms with E-state index in [0.29, 0.717) is 30.1 Å². The van der Waals surface area contributed by atoms with Crippen LogP contribution in [0.3, 0.4) is 0 Å². The normalized spacial score (nSPS) is 15.6. The van der Waals surface area contributed by atoms with E-state index < -0.39 is 0 Å². The van der Waals surface area contributed by atoms with E-state index >= 15 is 0 Å². The Kier molecular flexibility index (Phi) is 6.81. The Hall–Kier alpha value is -3.65. The summed E-state index contributed by atoms with van der Waals surface area (Å²) in [5.41, 5.74) is 4.11. The van der Waals surface area contributed by atoms with Crippen molar-refractivity contribution < 1.29 is 23.7 Å². The zero-order valence-electron chi connectivity index (χ0n) is 20.4. The molecular weight excluding hydrogens is 446 g/mol. The fourth-order valence-corrected chi connectivity index (χ4v) is 4.68. The van der Waals surface area contributed by atoms with E-state index in [4.69, 9.17) is 23.7 Å². The second-order valence-corrected chi connectivity index (χ2v) is 8.73. The van der Waals surface area contributed by atoms with Gasteiger partial charge in [-0.25, -0.2) is 0 Å². The van der Waals surface area contributed by atoms with Crippen LogP contribution in [0.1, 0.15) is 18.4 Å². The summed E-state index contributed by atoms with van der Waals surface area (Å²) < 4.78 is 27.4. The predicted molar refractivity (Wildman–Crippen MR) is 134 cm³/mol. The van der Waals surface area contributed by atoms with Crippen molar-refractivity contribution in [3.63, 3.8) is 0 Å². The van der Waals surface area contributed by atoms with Crippen molar-refractivity contribution in [3.05, 3.63) is 54.2 Å². The number of pyridine rings is 1. The van der Waals surface area contributed by atoms with E-state index in [0.717, 1.165) is 60.9 Å². The molecule has 0 unspecified atom stereocenters. The third-order valence-corrected chi connectivity index (χ3v) is 6.52. The van der Waals surface area contributed by atoms with Gasteiger partial charge in [0.05, 0.1) is 27.0 Å². The summed E-state index contributed by atoms with van der Waals surface area (Å²) >= 11 is 0. The highest BCUT2D eigenvalue weighted by molar-refractivity contribution is 5.69. The molecule has 1 saturated heterocycles. The molecule has 2 aliphatic rings. The van der Waals surface area contributed by atoms with Crippen LogP contribution in [0.2, 0.25) is 0 Å². The SMILES string of the molecule is COc1cc(-c2cc(CN3CCC(Nc4ccc5c(c4)OCO5)CC3)ccn2)cc(OC)c1OC. The van der Waals surface area contributed by atoms with Crippen LogP contribution in [-0.4, -0.2) is 57.1 Å². The monoisotopic (exact) mass is 477 g/mol. The summed E-state index contributed by atoms with van der Waals surface area (Å²) in [4.78, 5) is 7.09. The number of likely N-dealkylation sites (tertiary alicyclic amines) is 1. The lowest BCUT2D eigenvalue weighted by Crippen LogP contribution is -2.38. The van der Waals surface area contributed by atoms with Gasteiger partial charge in [0.15, 0.2) is 23.0 Å². The third kappa shape index (κ3) is 5.07. The summed E-state index contributed by atoms with van der Waals surface area (Å²) in [6.45, 7) is 3.25. The third-order valence-electron chi connectivity index (χ3n) is 6.52. The number of rotatable bonds is 8. The van der Waals surface area contributed by atoms with Gasteiger partial charge >= 0.3 is 0 Å². The molecule has 0 radical (unpaired) electrons. The molecule has 35 heavy (non-hydrogen) atoms. The molecule has 8 nitrogen and oxygen atoms in total. The van der Waals surface area contributed by atoms with Crippen molar-refractivity contribution in [2.24, 2.45) is 0 Å². The molecule has 1 fully saturated rings. The minimum absolute atomic E-state index is 0.299. The van der Waals surface area contributed by atoms with E-state index in [2.05, 4.69) is 33.4 Å². The summed E-state index contributed by atoms with van der Waals surface area (Å²) in [5.74, 6) is 3.44. The molecule has 0 bridgehead atoms. The lowest BCUT2D eigenvalue weighted by atomic mass is 10.0. The first kappa shape index (κ1) is 23.1. The molecule has 1 N–H and O–H groups in total. The van der Waals surface area contributed by atoms with Crippen LogP contribution >= 0.6 is 0 Å². The maximum absolute atomic E-state index is 5.51. The standard InChI is InChI=1S/C27H31N3O5/c1-31-25-13-19(14-26(32-2)27(25)33-3)22-12-18(6-9-28-22)16-30-10-7-20(8-11-30)29-21-4-5-23-24(15-21)35-17-34-23/h4-6,9,12-15,20,29H,7-8,10-11,16-17H2,1-3H3. The second-order valence-electron chi connectivity index (χ2n) is 8.73. The zero-order valence-corrected chi connectivity index (χ0v) is 20.4. The molecule has 3 aromatic rings. The second kappa shape index (κ2) is 10.3. The number of anilines is 1. The lowest BCUT2D eigenvalue weighted by Gasteiger charge is -2.33. The molecule has 1 aromatic heterocycles. The first-order valence-corrected chi connectivity index (χ1v) is 11.8. The predicted octanol–water partition coefficient (Wildman–Crippen LogP) is 4.58. The van der Waals surface area contributed by atoms with Gasteiger partial charge in [0, 0.05) is 49.2 Å². The number of hydrogen-bond donors (Lipinski definition) is 1. The first-order chi connectivity index (χ1) is 17.2. The maximum Gasteiger partial charge on any atom is 0.231 e. The van der Waals surface area contributed by atoms with Crippen LogP contribution < -0.4 is 29.0 Å². The first-order valence-electron chi connectivity index (χ1n) is 11.8. The summed E-state index contributed by atoms with van der Waals surface area (Å²) in [7, 11) is 4.85. The van der Waals surface area contributed by atoms with Crippen LogP contribution in [0.4, 0.5) is 5.69 Å². The van der Waals surface area contributed by atoms with Crippen molar-refractivity contribution in [1.29, 1.82) is 0 Å². The van der Waals surface area contributed by atoms with Crippen molar-refractivity contribution in [1.82, 2.24) is 9.88 Å². The quantitative estimate of drug-likeness (QED) is 0.505. The average molecular weight is 478 g/mol. The van der Waals surface area contributed by atoms with E-state index in [9.17, 15) is 0 Å². The highest BCUT2D eigenvalue weighted by atomic mass is 16.7. The van der Waals surface area contributed by atoms with Gasteiger partial charge in [0.25, 0.3) is 0 Å². The van der Waals surface area contributed by atoms with Crippen molar-refractivity contribution in [2.75, 3.05) is 46.5 Å². The number of piperidine rings is 1. The number of ether oxygens (including phenoxy) is 5. The molecule has 0 spiro atoms. The molecule has 5 rings (SSSR count). The molecule has 2 aromatic carbocycles. The molecule has 8 heteroatoms. The van der Waals surface area contributed by atoms with Crippen LogP contribution in [0.5, 0.6) is 28.7 Å². The number of methoxy groups -OCH3 is 3. The summed E-state index contributed by atoms with van der Waals surface area (Å²) in [6, 6.07) is 14.6. The van der Waals surface area contributed by atoms with Gasteiger partial charge in [-0.05, 0) is 54.8 Å². The molecule has 3 heterocycles. The fraction of sp³-hybridized carbons (Fsp3) is 0.370. The number of nitrogens with zero attached hydrogens (tertiary/aromatic N) is 2. The van der Waals surface area contributed by atoms with Crippen molar-refractivity contribution >= 4 is 5.69 Å². The van der Waals surface area contributed by atoms with Gasteiger partial charge in [-0.3, -0.25) is 9.88 Å². The van der Waals surface area contributed by atoms with Crippen molar-refractivity contribution in [3.8, 4) is 40.0 Å². The van der Waals surface area contributed by atoms with Crippen LogP contribution in [0.15, 0.2) is 48.7 Å². The van der Waals surface area contributed by atoms with Gasteiger partial charge in [0.2, 0.25) is 12.5 Å². The molecule has 184 valence electrons. The fourth-order valence-electron chi connectivity index (χ4n) is 4.68. The van der Waals surface area contributed by atoms with Gasteiger partial charge in [0.1, 0.15) is 0 Å². The van der Waals surface area contributed by atoms with Gasteiger partial charge in [-0.2, -0.15) is 0 Å². The molecule has 0 saturated carbocycles. The Morgan fingerprint density at radius 3 is 2.37 bits per heavy atom. The molecule has 0 aliphatic carbocycles. The largest absolute Gasteiger partial charge is 0.493 e. The number of hydrogen-bond acceptors (Lipinski definition) is 8. The smallest absolute Gasteiger partial charge is 0.231 e. The van der Waals surface area contributed by atoms with Crippen LogP contribution in [-0.2, 0) is 6.54 Å². The zero-order chi connectivity index (χ0) is 24.2. The number of benzene rings is 2. The Balaban J connectivity index is 1.21. The number of aromatic nitrogens is 1. The minimum atomic E-state index is 0.299. The van der Waals surface area contributed by atoms with Crippen LogP contribution in [0, 0.1) is 0 Å². The number of nitrogens with one attached hydrogen (secondary N) is 1. The average Bonchev–Trinajstić information content (AvgIpc) is 3.37. The minimum Gasteiger partial charge on any atom is -0.493 e. The van der Waals surface area contributed by atoms with Gasteiger partial charge in [-0.1, -0.05) is 0 Å². The lowest BCUT2D eigenvalue weighted by molar-refractivity contribution is 0.174. The summed E-state index contributed by atoms with van der Waals surface area (Å²) in [6.07, 6.45) is 4.03. The molecule has 2 aliphatic heterocycles. The summed E-state index contributed by atoms with van der Waals surface area (Å²) in [5, 5.41) is 3.65. The van der Waals surface area contributed by atoms with E-state index in [1.807, 2.05) is 30.5 Å². The molecule has 0 atom stereocenters. The topological polar surface area (TPSA) is 74.3 Å². The Labute approximate surface area is 205 Å². The van der Waals surface area contributed by atoms with E-state index in [-0.39, 0.29) is 0 Å². The van der Waals surface area contributed by atoms with Gasteiger partial charge < -0.3 is 29.0 Å². The number of fused-ring (bicyclic) bond motifs is 1. The Bertz CT molecular complexity index is 1150. The van der Waals surface area contributed by atoms with Crippen LogP contribution in [0.25, 0.3) is 11.3 Å². The molecular formula is C27H31N3O5.